The number of pyridine rings is 1. The van der Waals surface area contributed by atoms with Crippen LogP contribution in [0.25, 0.3) is 0 Å². The number of carbonyl (C=O) groups is 2. The standard InChI is InChI=1S/C27H26ClN7O2S/c28-22-7-2-1-5-19(22)15-21(36)17-26-33-34-27(38-26)18-10-13-35(14-11-18)24-9-8-23(31-32-24)30-25(37)16-20-6-3-4-12-29-20/h1-9,12,18H,10-11,13-17H2,(H,30,31,37). The maximum absolute atomic E-state index is 12.5. The summed E-state index contributed by atoms with van der Waals surface area (Å²) in [6, 6.07) is 16.5. The highest BCUT2D eigenvalue weighted by Gasteiger charge is 2.25. The minimum absolute atomic E-state index is 0.0746. The lowest BCUT2D eigenvalue weighted by Gasteiger charge is -2.31. The Kier molecular flexibility index (Phi) is 8.30. The van der Waals surface area contributed by atoms with Crippen LogP contribution in [0, 0.1) is 0 Å². The number of nitrogens with one attached hydrogen (secondary N) is 1. The third kappa shape index (κ3) is 6.76. The molecule has 1 aliphatic heterocycles. The molecule has 9 nitrogen and oxygen atoms in total. The Morgan fingerprint density at radius 1 is 0.921 bits per heavy atom. The molecular weight excluding hydrogens is 522 g/mol. The van der Waals surface area contributed by atoms with Crippen molar-refractivity contribution in [2.75, 3.05) is 23.3 Å². The van der Waals surface area contributed by atoms with Gasteiger partial charge >= 0.3 is 0 Å². The number of amides is 1. The van der Waals surface area contributed by atoms with Gasteiger partial charge in [0.15, 0.2) is 11.6 Å². The SMILES string of the molecule is O=C(Cc1nnc(C2CCN(c3ccc(NC(=O)Cc4ccccn4)nn3)CC2)s1)Cc1ccccc1Cl. The molecule has 0 spiro atoms. The third-order valence-corrected chi connectivity index (χ3v) is 7.78. The van der Waals surface area contributed by atoms with Crippen LogP contribution in [0.1, 0.15) is 40.0 Å². The molecule has 1 saturated heterocycles. The summed E-state index contributed by atoms with van der Waals surface area (Å²) in [5.74, 6) is 1.37. The molecule has 1 aliphatic rings. The number of halogens is 1. The highest BCUT2D eigenvalue weighted by atomic mass is 35.5. The molecule has 0 saturated carbocycles. The molecule has 194 valence electrons. The predicted octanol–water partition coefficient (Wildman–Crippen LogP) is 4.30. The average molecular weight is 548 g/mol. The van der Waals surface area contributed by atoms with Crippen LogP contribution in [0.2, 0.25) is 5.02 Å². The van der Waals surface area contributed by atoms with Gasteiger partial charge in [0.05, 0.1) is 12.8 Å². The van der Waals surface area contributed by atoms with Crippen molar-refractivity contribution < 1.29 is 9.59 Å². The van der Waals surface area contributed by atoms with Gasteiger partial charge in [-0.2, -0.15) is 0 Å². The van der Waals surface area contributed by atoms with Crippen molar-refractivity contribution in [3.63, 3.8) is 0 Å². The number of nitrogens with zero attached hydrogens (tertiary/aromatic N) is 6. The first kappa shape index (κ1) is 25.9. The lowest BCUT2D eigenvalue weighted by Crippen LogP contribution is -2.33. The van der Waals surface area contributed by atoms with E-state index in [1.807, 2.05) is 42.5 Å². The molecule has 1 N–H and O–H groups in total. The Balaban J connectivity index is 1.09. The number of hydrogen-bond donors (Lipinski definition) is 1. The average Bonchev–Trinajstić information content (AvgIpc) is 3.39. The Morgan fingerprint density at radius 3 is 2.47 bits per heavy atom. The molecule has 0 aliphatic carbocycles. The number of rotatable bonds is 9. The second-order valence-electron chi connectivity index (χ2n) is 9.10. The summed E-state index contributed by atoms with van der Waals surface area (Å²) in [5.41, 5.74) is 1.53. The van der Waals surface area contributed by atoms with Gasteiger partial charge in [-0.1, -0.05) is 35.9 Å². The molecule has 0 bridgehead atoms. The second kappa shape index (κ2) is 12.2. The van der Waals surface area contributed by atoms with Gasteiger partial charge in [-0.15, -0.1) is 31.7 Å². The van der Waals surface area contributed by atoms with Crippen LogP contribution in [0.15, 0.2) is 60.8 Å². The summed E-state index contributed by atoms with van der Waals surface area (Å²) >= 11 is 7.70. The molecule has 11 heteroatoms. The summed E-state index contributed by atoms with van der Waals surface area (Å²) < 4.78 is 0. The van der Waals surface area contributed by atoms with Crippen LogP contribution in [0.3, 0.4) is 0 Å². The van der Waals surface area contributed by atoms with E-state index in [0.717, 1.165) is 47.3 Å². The number of hydrogen-bond acceptors (Lipinski definition) is 9. The van der Waals surface area contributed by atoms with Crippen LogP contribution in [0.5, 0.6) is 0 Å². The topological polar surface area (TPSA) is 114 Å². The van der Waals surface area contributed by atoms with Crippen molar-refractivity contribution in [1.82, 2.24) is 25.4 Å². The third-order valence-electron chi connectivity index (χ3n) is 6.33. The summed E-state index contributed by atoms with van der Waals surface area (Å²) in [4.78, 5) is 31.1. The van der Waals surface area contributed by atoms with E-state index in [1.165, 1.54) is 11.3 Å². The summed E-state index contributed by atoms with van der Waals surface area (Å²) in [5, 5.41) is 22.2. The van der Waals surface area contributed by atoms with Crippen molar-refractivity contribution in [3.8, 4) is 0 Å². The van der Waals surface area contributed by atoms with Crippen molar-refractivity contribution in [1.29, 1.82) is 0 Å². The van der Waals surface area contributed by atoms with Crippen molar-refractivity contribution in [2.45, 2.75) is 38.0 Å². The first-order chi connectivity index (χ1) is 18.5. The highest BCUT2D eigenvalue weighted by molar-refractivity contribution is 7.11. The maximum Gasteiger partial charge on any atom is 0.231 e. The van der Waals surface area contributed by atoms with Gasteiger partial charge < -0.3 is 10.2 Å². The number of Topliss-reactive ketones (excluding diaryl/α,β-unsaturated/α-hetero) is 1. The van der Waals surface area contributed by atoms with E-state index in [1.54, 1.807) is 18.3 Å². The van der Waals surface area contributed by atoms with Crippen LogP contribution < -0.4 is 10.2 Å². The quantitative estimate of drug-likeness (QED) is 0.330. The largest absolute Gasteiger partial charge is 0.355 e. The zero-order valence-electron chi connectivity index (χ0n) is 20.6. The van der Waals surface area contributed by atoms with Gasteiger partial charge in [-0.25, -0.2) is 0 Å². The smallest absolute Gasteiger partial charge is 0.231 e. The van der Waals surface area contributed by atoms with E-state index in [4.69, 9.17) is 11.6 Å². The Morgan fingerprint density at radius 2 is 1.74 bits per heavy atom. The van der Waals surface area contributed by atoms with E-state index < -0.39 is 0 Å². The molecule has 4 heterocycles. The van der Waals surface area contributed by atoms with E-state index in [9.17, 15) is 9.59 Å². The fraction of sp³-hybridized carbons (Fsp3) is 0.296. The second-order valence-corrected chi connectivity index (χ2v) is 10.6. The molecule has 38 heavy (non-hydrogen) atoms. The van der Waals surface area contributed by atoms with E-state index in [-0.39, 0.29) is 24.5 Å². The Labute approximate surface area is 229 Å². The van der Waals surface area contributed by atoms with E-state index in [0.29, 0.717) is 28.9 Å². The molecule has 5 rings (SSSR count). The predicted molar refractivity (Wildman–Crippen MR) is 147 cm³/mol. The summed E-state index contributed by atoms with van der Waals surface area (Å²) in [6.45, 7) is 1.62. The van der Waals surface area contributed by atoms with Crippen molar-refractivity contribution >= 4 is 46.3 Å². The van der Waals surface area contributed by atoms with Crippen molar-refractivity contribution in [2.24, 2.45) is 0 Å². The molecule has 1 amide bonds. The van der Waals surface area contributed by atoms with Gasteiger partial charge in [0.2, 0.25) is 5.91 Å². The Hall–Kier alpha value is -3.76. The molecule has 1 fully saturated rings. The van der Waals surface area contributed by atoms with Gasteiger partial charge in [-0.3, -0.25) is 14.6 Å². The molecule has 0 atom stereocenters. The zero-order valence-corrected chi connectivity index (χ0v) is 22.2. The first-order valence-electron chi connectivity index (χ1n) is 12.4. The minimum atomic E-state index is -0.187. The number of piperidine rings is 1. The van der Waals surface area contributed by atoms with Gasteiger partial charge in [0.1, 0.15) is 15.8 Å². The molecule has 1 aromatic carbocycles. The van der Waals surface area contributed by atoms with Gasteiger partial charge in [-0.05, 0) is 48.7 Å². The van der Waals surface area contributed by atoms with Gasteiger partial charge in [0.25, 0.3) is 0 Å². The van der Waals surface area contributed by atoms with Crippen LogP contribution in [0.4, 0.5) is 11.6 Å². The van der Waals surface area contributed by atoms with Crippen LogP contribution in [-0.4, -0.2) is 50.2 Å². The maximum atomic E-state index is 12.5. The fourth-order valence-corrected chi connectivity index (χ4v) is 5.60. The zero-order chi connectivity index (χ0) is 26.3. The van der Waals surface area contributed by atoms with Crippen LogP contribution in [-0.2, 0) is 28.9 Å². The van der Waals surface area contributed by atoms with Crippen molar-refractivity contribution in [3.05, 3.63) is 87.1 Å². The fourth-order valence-electron chi connectivity index (χ4n) is 4.36. The molecule has 3 aromatic heterocycles. The molecule has 0 unspecified atom stereocenters. The molecule has 0 radical (unpaired) electrons. The number of carbonyl (C=O) groups excluding carboxylic acids is 2. The van der Waals surface area contributed by atoms with E-state index >= 15 is 0 Å². The normalized spacial score (nSPS) is 13.9. The molecular formula is C27H26ClN7O2S. The monoisotopic (exact) mass is 547 g/mol. The van der Waals surface area contributed by atoms with Gasteiger partial charge in [0, 0.05) is 42.3 Å². The number of anilines is 2. The summed E-state index contributed by atoms with van der Waals surface area (Å²) in [7, 11) is 0. The lowest BCUT2D eigenvalue weighted by atomic mass is 9.98. The number of aromatic nitrogens is 5. The lowest BCUT2D eigenvalue weighted by molar-refractivity contribution is -0.118. The van der Waals surface area contributed by atoms with E-state index in [2.05, 4.69) is 35.6 Å². The van der Waals surface area contributed by atoms with Crippen LogP contribution >= 0.6 is 22.9 Å². The number of benzene rings is 1. The summed E-state index contributed by atoms with van der Waals surface area (Å²) in [6.07, 6.45) is 4.22. The number of ketones is 1. The Bertz CT molecular complexity index is 1390. The molecule has 4 aromatic rings. The highest BCUT2D eigenvalue weighted by Crippen LogP contribution is 2.32. The minimum Gasteiger partial charge on any atom is -0.355 e. The first-order valence-corrected chi connectivity index (χ1v) is 13.6.